The normalized spacial score (nSPS) is 12.1. The number of phenolic OH excluding ortho intramolecular Hbond substituents is 1. The highest BCUT2D eigenvalue weighted by molar-refractivity contribution is 6.06. The lowest BCUT2D eigenvalue weighted by molar-refractivity contribution is -0.124. The fourth-order valence-corrected chi connectivity index (χ4v) is 3.91. The van der Waals surface area contributed by atoms with Gasteiger partial charge in [0.05, 0.1) is 13.5 Å². The van der Waals surface area contributed by atoms with Crippen LogP contribution in [-0.2, 0) is 16.0 Å². The van der Waals surface area contributed by atoms with Gasteiger partial charge in [0.25, 0.3) is 0 Å². The number of Topliss-reactive ketones (excluding diaryl/α,β-unsaturated/α-hetero) is 1. The Kier molecular flexibility index (Phi) is 12.0. The molecule has 33 heavy (non-hydrogen) atoms. The molecule has 2 aromatic rings. The smallest absolute Gasteiger partial charge is 0.163 e. The number of phenols is 1. The first-order valence-electron chi connectivity index (χ1n) is 11.8. The Morgan fingerprint density at radius 1 is 1.06 bits per heavy atom. The number of methoxy groups -OCH3 is 1. The molecule has 0 radical (unpaired) electrons. The van der Waals surface area contributed by atoms with Gasteiger partial charge in [-0.3, -0.25) is 9.59 Å². The molecule has 0 spiro atoms. The molecule has 0 aliphatic heterocycles. The number of ether oxygens (including phenoxy) is 1. The van der Waals surface area contributed by atoms with Gasteiger partial charge in [-0.05, 0) is 74.5 Å². The lowest BCUT2D eigenvalue weighted by Crippen LogP contribution is -2.19. The number of hydrogen-bond acceptors (Lipinski definition) is 5. The Morgan fingerprint density at radius 2 is 1.85 bits per heavy atom. The summed E-state index contributed by atoms with van der Waals surface area (Å²) >= 11 is 0. The molecular weight excluding hydrogens is 414 g/mol. The average molecular weight is 452 g/mol. The predicted molar refractivity (Wildman–Crippen MR) is 134 cm³/mol. The van der Waals surface area contributed by atoms with Crippen molar-refractivity contribution >= 4 is 17.6 Å². The van der Waals surface area contributed by atoms with Crippen LogP contribution in [0, 0.1) is 5.92 Å². The van der Waals surface area contributed by atoms with E-state index in [1.54, 1.807) is 18.2 Å². The number of ketones is 2. The first kappa shape index (κ1) is 26.3. The number of aryl methyl sites for hydroxylation is 1. The second-order valence-electron chi connectivity index (χ2n) is 8.49. The Balaban J connectivity index is 1.63. The first-order chi connectivity index (χ1) is 16.0. The van der Waals surface area contributed by atoms with E-state index < -0.39 is 0 Å². The lowest BCUT2D eigenvalue weighted by Gasteiger charge is -2.16. The molecule has 0 bridgehead atoms. The van der Waals surface area contributed by atoms with Crippen molar-refractivity contribution in [1.29, 1.82) is 0 Å². The van der Waals surface area contributed by atoms with Gasteiger partial charge in [-0.25, -0.2) is 0 Å². The van der Waals surface area contributed by atoms with Crippen molar-refractivity contribution in [2.45, 2.75) is 51.4 Å². The van der Waals surface area contributed by atoms with Crippen LogP contribution in [0.3, 0.4) is 0 Å². The summed E-state index contributed by atoms with van der Waals surface area (Å²) in [7, 11) is 3.47. The van der Waals surface area contributed by atoms with E-state index in [-0.39, 0.29) is 23.7 Å². The van der Waals surface area contributed by atoms with E-state index in [0.717, 1.165) is 50.6 Å². The monoisotopic (exact) mass is 451 g/mol. The highest BCUT2D eigenvalue weighted by Gasteiger charge is 2.10. The van der Waals surface area contributed by atoms with Gasteiger partial charge in [0.1, 0.15) is 5.78 Å². The fourth-order valence-electron chi connectivity index (χ4n) is 3.91. The maximum atomic E-state index is 12.2. The Hall–Kier alpha value is -2.92. The maximum absolute atomic E-state index is 12.2. The van der Waals surface area contributed by atoms with Crippen molar-refractivity contribution in [3.63, 3.8) is 0 Å². The van der Waals surface area contributed by atoms with E-state index in [1.807, 2.05) is 13.1 Å². The van der Waals surface area contributed by atoms with Crippen molar-refractivity contribution in [1.82, 2.24) is 5.32 Å². The summed E-state index contributed by atoms with van der Waals surface area (Å²) < 4.78 is 5.06. The standard InChI is InChI=1S/C28H37NO4/c1-29-21-24(14-13-22-9-5-3-6-10-22)11-7-4-8-12-25(30)20-26(31)17-15-23-16-18-27(32)28(19-23)33-2/h3,5-6,9-10,15-19,24,29,32H,4,7-8,11-14,20-21H2,1-2H3/b17-15+/t24-/m1/s1. The van der Waals surface area contributed by atoms with Crippen molar-refractivity contribution < 1.29 is 19.4 Å². The molecule has 0 saturated carbocycles. The summed E-state index contributed by atoms with van der Waals surface area (Å²) in [6.07, 6.45) is 9.79. The molecule has 2 rings (SSSR count). The van der Waals surface area contributed by atoms with Crippen molar-refractivity contribution in [2.24, 2.45) is 5.92 Å². The molecular formula is C28H37NO4. The summed E-state index contributed by atoms with van der Waals surface area (Å²) in [5, 5.41) is 12.9. The van der Waals surface area contributed by atoms with Crippen LogP contribution in [0.2, 0.25) is 0 Å². The van der Waals surface area contributed by atoms with E-state index in [2.05, 4.69) is 29.6 Å². The van der Waals surface area contributed by atoms with Gasteiger partial charge in [0, 0.05) is 6.42 Å². The number of rotatable bonds is 16. The summed E-state index contributed by atoms with van der Waals surface area (Å²) in [6, 6.07) is 15.4. The van der Waals surface area contributed by atoms with Crippen LogP contribution in [0.15, 0.2) is 54.6 Å². The molecule has 2 aromatic carbocycles. The topological polar surface area (TPSA) is 75.6 Å². The quantitative estimate of drug-likeness (QED) is 0.204. The molecule has 0 fully saturated rings. The molecule has 1 atom stereocenters. The molecule has 0 aromatic heterocycles. The number of aromatic hydroxyl groups is 1. The third-order valence-electron chi connectivity index (χ3n) is 5.78. The van der Waals surface area contributed by atoms with Crippen LogP contribution in [0.5, 0.6) is 11.5 Å². The number of carbonyl (C=O) groups is 2. The minimum absolute atomic E-state index is 0.0104. The van der Waals surface area contributed by atoms with Gasteiger partial charge in [-0.15, -0.1) is 0 Å². The summed E-state index contributed by atoms with van der Waals surface area (Å²) in [5.41, 5.74) is 2.11. The highest BCUT2D eigenvalue weighted by Crippen LogP contribution is 2.26. The van der Waals surface area contributed by atoms with E-state index in [4.69, 9.17) is 4.74 Å². The fraction of sp³-hybridized carbons (Fsp3) is 0.429. The molecule has 5 heteroatoms. The molecule has 5 nitrogen and oxygen atoms in total. The zero-order valence-corrected chi connectivity index (χ0v) is 19.9. The summed E-state index contributed by atoms with van der Waals surface area (Å²) in [5.74, 6) is 0.810. The minimum Gasteiger partial charge on any atom is -0.504 e. The van der Waals surface area contributed by atoms with Gasteiger partial charge in [0.15, 0.2) is 17.3 Å². The van der Waals surface area contributed by atoms with E-state index in [9.17, 15) is 14.7 Å². The van der Waals surface area contributed by atoms with Gasteiger partial charge in [0.2, 0.25) is 0 Å². The third-order valence-corrected chi connectivity index (χ3v) is 5.78. The molecule has 2 N–H and O–H groups in total. The second kappa shape index (κ2) is 15.0. The molecule has 0 saturated heterocycles. The van der Waals surface area contributed by atoms with Crippen LogP contribution in [0.1, 0.15) is 56.1 Å². The number of allylic oxidation sites excluding steroid dienone is 1. The van der Waals surface area contributed by atoms with Crippen LogP contribution >= 0.6 is 0 Å². The Bertz CT molecular complexity index is 892. The van der Waals surface area contributed by atoms with Gasteiger partial charge in [-0.2, -0.15) is 0 Å². The maximum Gasteiger partial charge on any atom is 0.163 e. The number of unbranched alkanes of at least 4 members (excludes halogenated alkanes) is 2. The molecule has 178 valence electrons. The van der Waals surface area contributed by atoms with Crippen LogP contribution < -0.4 is 10.1 Å². The minimum atomic E-state index is -0.206. The van der Waals surface area contributed by atoms with Crippen molar-refractivity contribution in [3.8, 4) is 11.5 Å². The number of nitrogens with one attached hydrogen (secondary N) is 1. The predicted octanol–water partition coefficient (Wildman–Crippen LogP) is 5.36. The van der Waals surface area contributed by atoms with Crippen molar-refractivity contribution in [2.75, 3.05) is 20.7 Å². The molecule has 0 aliphatic carbocycles. The SMILES string of the molecule is CNC[C@H](CCCCCC(=O)CC(=O)/C=C/c1ccc(O)c(OC)c1)CCc1ccccc1. The van der Waals surface area contributed by atoms with Crippen LogP contribution in [-0.4, -0.2) is 37.4 Å². The van der Waals surface area contributed by atoms with E-state index in [0.29, 0.717) is 18.1 Å². The molecule has 0 aliphatic rings. The Labute approximate surface area is 197 Å². The van der Waals surface area contributed by atoms with Crippen molar-refractivity contribution in [3.05, 3.63) is 65.7 Å². The second-order valence-corrected chi connectivity index (χ2v) is 8.49. The zero-order valence-electron chi connectivity index (χ0n) is 19.9. The lowest BCUT2D eigenvalue weighted by atomic mass is 9.93. The van der Waals surface area contributed by atoms with Gasteiger partial charge < -0.3 is 15.2 Å². The third kappa shape index (κ3) is 10.5. The summed E-state index contributed by atoms with van der Waals surface area (Å²) in [6.45, 7) is 1.01. The first-order valence-corrected chi connectivity index (χ1v) is 11.8. The largest absolute Gasteiger partial charge is 0.504 e. The number of benzene rings is 2. The molecule has 0 amide bonds. The van der Waals surface area contributed by atoms with Crippen LogP contribution in [0.4, 0.5) is 0 Å². The zero-order chi connectivity index (χ0) is 23.9. The van der Waals surface area contributed by atoms with Gasteiger partial charge in [-0.1, -0.05) is 55.3 Å². The molecule has 0 unspecified atom stereocenters. The van der Waals surface area contributed by atoms with Gasteiger partial charge >= 0.3 is 0 Å². The summed E-state index contributed by atoms with van der Waals surface area (Å²) in [4.78, 5) is 24.2. The highest BCUT2D eigenvalue weighted by atomic mass is 16.5. The Morgan fingerprint density at radius 3 is 2.58 bits per heavy atom. The van der Waals surface area contributed by atoms with Crippen LogP contribution in [0.25, 0.3) is 6.08 Å². The average Bonchev–Trinajstić information content (AvgIpc) is 2.82. The number of carbonyl (C=O) groups excluding carboxylic acids is 2. The van der Waals surface area contributed by atoms with E-state index >= 15 is 0 Å². The number of hydrogen-bond donors (Lipinski definition) is 2. The molecule has 0 heterocycles. The van der Waals surface area contributed by atoms with E-state index in [1.165, 1.54) is 24.8 Å².